The zero-order valence-corrected chi connectivity index (χ0v) is 15.0. The van der Waals surface area contributed by atoms with Crippen molar-refractivity contribution < 1.29 is 17.9 Å². The molecule has 0 aliphatic carbocycles. The van der Waals surface area contributed by atoms with Crippen molar-refractivity contribution in [2.45, 2.75) is 6.42 Å². The van der Waals surface area contributed by atoms with E-state index in [4.69, 9.17) is 16.3 Å². The summed E-state index contributed by atoms with van der Waals surface area (Å²) in [6.45, 7) is 0.300. The van der Waals surface area contributed by atoms with Crippen LogP contribution in [0.2, 0.25) is 5.02 Å². The van der Waals surface area contributed by atoms with Crippen LogP contribution < -0.4 is 14.8 Å². The standard InChI is InChI=1S/C17H17ClN2O4S/c1-25(22,23)20-15-5-3-14(4-6-15)19-17(21)12-8-11-9-13(18)2-7-16(11)24-10-12/h2-7,9,12,20H,8,10H2,1H3,(H,19,21). The fraction of sp³-hybridized carbons (Fsp3) is 0.235. The largest absolute Gasteiger partial charge is 0.492 e. The van der Waals surface area contributed by atoms with E-state index in [-0.39, 0.29) is 11.8 Å². The highest BCUT2D eigenvalue weighted by Gasteiger charge is 2.26. The predicted octanol–water partition coefficient (Wildman–Crippen LogP) is 2.90. The van der Waals surface area contributed by atoms with Crippen LogP contribution in [0.1, 0.15) is 5.56 Å². The number of fused-ring (bicyclic) bond motifs is 1. The zero-order valence-electron chi connectivity index (χ0n) is 13.5. The molecule has 25 heavy (non-hydrogen) atoms. The van der Waals surface area contributed by atoms with Gasteiger partial charge in [0.25, 0.3) is 0 Å². The highest BCUT2D eigenvalue weighted by atomic mass is 35.5. The third-order valence-electron chi connectivity index (χ3n) is 3.76. The molecule has 1 aliphatic heterocycles. The number of sulfonamides is 1. The van der Waals surface area contributed by atoms with Gasteiger partial charge in [-0.25, -0.2) is 8.42 Å². The smallest absolute Gasteiger partial charge is 0.231 e. The number of hydrogen-bond acceptors (Lipinski definition) is 4. The van der Waals surface area contributed by atoms with Crippen LogP contribution in [0.4, 0.5) is 11.4 Å². The Balaban J connectivity index is 1.65. The van der Waals surface area contributed by atoms with Crippen LogP contribution in [0, 0.1) is 5.92 Å². The molecule has 0 bridgehead atoms. The van der Waals surface area contributed by atoms with Crippen molar-refractivity contribution in [3.8, 4) is 5.75 Å². The molecule has 0 saturated heterocycles. The molecule has 0 aromatic heterocycles. The van der Waals surface area contributed by atoms with Crippen molar-refractivity contribution in [2.24, 2.45) is 5.92 Å². The van der Waals surface area contributed by atoms with Crippen LogP contribution >= 0.6 is 11.6 Å². The number of carbonyl (C=O) groups is 1. The predicted molar refractivity (Wildman–Crippen MR) is 97.7 cm³/mol. The third kappa shape index (κ3) is 4.64. The maximum absolute atomic E-state index is 12.4. The van der Waals surface area contributed by atoms with E-state index in [1.54, 1.807) is 36.4 Å². The molecule has 1 aliphatic rings. The van der Waals surface area contributed by atoms with E-state index in [9.17, 15) is 13.2 Å². The minimum atomic E-state index is -3.33. The quantitative estimate of drug-likeness (QED) is 0.854. The number of rotatable bonds is 4. The molecular weight excluding hydrogens is 364 g/mol. The summed E-state index contributed by atoms with van der Waals surface area (Å²) < 4.78 is 30.4. The zero-order chi connectivity index (χ0) is 18.0. The van der Waals surface area contributed by atoms with E-state index < -0.39 is 10.0 Å². The number of ether oxygens (including phenoxy) is 1. The minimum Gasteiger partial charge on any atom is -0.492 e. The first-order chi connectivity index (χ1) is 11.8. The van der Waals surface area contributed by atoms with Gasteiger partial charge in [-0.1, -0.05) is 11.6 Å². The fourth-order valence-corrected chi connectivity index (χ4v) is 3.37. The molecule has 2 aromatic rings. The molecule has 1 unspecified atom stereocenters. The molecule has 6 nitrogen and oxygen atoms in total. The first kappa shape index (κ1) is 17.6. The summed E-state index contributed by atoms with van der Waals surface area (Å²) in [5.41, 5.74) is 1.93. The second kappa shape index (κ2) is 6.93. The Kier molecular flexibility index (Phi) is 4.87. The summed E-state index contributed by atoms with van der Waals surface area (Å²) in [5, 5.41) is 3.43. The van der Waals surface area contributed by atoms with Crippen molar-refractivity contribution in [1.82, 2.24) is 0 Å². The lowest BCUT2D eigenvalue weighted by molar-refractivity contribution is -0.121. The van der Waals surface area contributed by atoms with E-state index in [1.165, 1.54) is 0 Å². The van der Waals surface area contributed by atoms with E-state index in [0.717, 1.165) is 17.6 Å². The van der Waals surface area contributed by atoms with Crippen molar-refractivity contribution in [1.29, 1.82) is 0 Å². The maximum Gasteiger partial charge on any atom is 0.231 e. The second-order valence-electron chi connectivity index (χ2n) is 5.90. The van der Waals surface area contributed by atoms with Crippen molar-refractivity contribution in [3.63, 3.8) is 0 Å². The first-order valence-electron chi connectivity index (χ1n) is 7.60. The molecule has 2 N–H and O–H groups in total. The number of carbonyl (C=O) groups excluding carboxylic acids is 1. The number of halogens is 1. The average Bonchev–Trinajstić information content (AvgIpc) is 2.54. The average molecular weight is 381 g/mol. The Labute approximate surface area is 151 Å². The van der Waals surface area contributed by atoms with Crippen LogP contribution in [0.3, 0.4) is 0 Å². The van der Waals surface area contributed by atoms with Crippen LogP contribution in [-0.2, 0) is 21.2 Å². The van der Waals surface area contributed by atoms with Gasteiger partial charge in [0.05, 0.1) is 12.2 Å². The van der Waals surface area contributed by atoms with E-state index in [1.807, 2.05) is 6.07 Å². The molecule has 0 spiro atoms. The van der Waals surface area contributed by atoms with Crippen LogP contribution in [0.5, 0.6) is 5.75 Å². The first-order valence-corrected chi connectivity index (χ1v) is 9.87. The van der Waals surface area contributed by atoms with Gasteiger partial charge in [-0.3, -0.25) is 9.52 Å². The van der Waals surface area contributed by atoms with E-state index in [2.05, 4.69) is 10.0 Å². The number of benzene rings is 2. The fourth-order valence-electron chi connectivity index (χ4n) is 2.61. The molecule has 3 rings (SSSR count). The van der Waals surface area contributed by atoms with Gasteiger partial charge in [0.15, 0.2) is 0 Å². The Morgan fingerprint density at radius 3 is 2.52 bits per heavy atom. The summed E-state index contributed by atoms with van der Waals surface area (Å²) in [4.78, 5) is 12.4. The Morgan fingerprint density at radius 1 is 1.16 bits per heavy atom. The monoisotopic (exact) mass is 380 g/mol. The summed E-state index contributed by atoms with van der Waals surface area (Å²) in [6, 6.07) is 11.8. The second-order valence-corrected chi connectivity index (χ2v) is 8.09. The highest BCUT2D eigenvalue weighted by Crippen LogP contribution is 2.30. The van der Waals surface area contributed by atoms with Gasteiger partial charge >= 0.3 is 0 Å². The lowest BCUT2D eigenvalue weighted by Crippen LogP contribution is -2.32. The summed E-state index contributed by atoms with van der Waals surface area (Å²) in [7, 11) is -3.33. The lowest BCUT2D eigenvalue weighted by atomic mass is 9.96. The summed E-state index contributed by atoms with van der Waals surface area (Å²) in [6.07, 6.45) is 1.63. The van der Waals surface area contributed by atoms with Crippen LogP contribution in [0.25, 0.3) is 0 Å². The Morgan fingerprint density at radius 2 is 1.84 bits per heavy atom. The molecule has 8 heteroatoms. The molecule has 1 heterocycles. The normalized spacial score (nSPS) is 16.5. The van der Waals surface area contributed by atoms with Gasteiger partial charge in [0.2, 0.25) is 15.9 Å². The minimum absolute atomic E-state index is 0.158. The van der Waals surface area contributed by atoms with Crippen molar-refractivity contribution in [3.05, 3.63) is 53.1 Å². The molecule has 1 amide bonds. The van der Waals surface area contributed by atoms with Crippen molar-refractivity contribution in [2.75, 3.05) is 22.9 Å². The molecule has 1 atom stereocenters. The molecule has 0 fully saturated rings. The number of nitrogens with one attached hydrogen (secondary N) is 2. The SMILES string of the molecule is CS(=O)(=O)Nc1ccc(NC(=O)C2COc3ccc(Cl)cc3C2)cc1. The molecule has 0 radical (unpaired) electrons. The maximum atomic E-state index is 12.4. The van der Waals surface area contributed by atoms with Gasteiger partial charge in [-0.15, -0.1) is 0 Å². The molecular formula is C17H17ClN2O4S. The van der Waals surface area contributed by atoms with E-state index in [0.29, 0.717) is 29.4 Å². The topological polar surface area (TPSA) is 84.5 Å². The number of anilines is 2. The molecule has 2 aromatic carbocycles. The third-order valence-corrected chi connectivity index (χ3v) is 4.60. The van der Waals surface area contributed by atoms with Gasteiger partial charge in [-0.05, 0) is 54.4 Å². The van der Waals surface area contributed by atoms with Crippen LogP contribution in [0.15, 0.2) is 42.5 Å². The molecule has 0 saturated carbocycles. The molecule has 132 valence electrons. The number of amides is 1. The van der Waals surface area contributed by atoms with Crippen LogP contribution in [-0.4, -0.2) is 27.2 Å². The Hall–Kier alpha value is -2.25. The number of hydrogen-bond donors (Lipinski definition) is 2. The van der Waals surface area contributed by atoms with Gasteiger partial charge < -0.3 is 10.1 Å². The van der Waals surface area contributed by atoms with Gasteiger partial charge in [-0.2, -0.15) is 0 Å². The van der Waals surface area contributed by atoms with Crippen molar-refractivity contribution >= 4 is 38.9 Å². The highest BCUT2D eigenvalue weighted by molar-refractivity contribution is 7.92. The Bertz CT molecular complexity index is 897. The van der Waals surface area contributed by atoms with Gasteiger partial charge in [0, 0.05) is 16.4 Å². The van der Waals surface area contributed by atoms with E-state index >= 15 is 0 Å². The summed E-state index contributed by atoms with van der Waals surface area (Å²) >= 11 is 5.99. The lowest BCUT2D eigenvalue weighted by Gasteiger charge is -2.24. The summed E-state index contributed by atoms with van der Waals surface area (Å²) in [5.74, 6) is 0.277. The van der Waals surface area contributed by atoms with Gasteiger partial charge in [0.1, 0.15) is 12.4 Å².